The van der Waals surface area contributed by atoms with Gasteiger partial charge in [-0.05, 0) is 38.1 Å². The van der Waals surface area contributed by atoms with Crippen molar-refractivity contribution in [2.24, 2.45) is 0 Å². The van der Waals surface area contributed by atoms with Crippen molar-refractivity contribution in [3.8, 4) is 6.07 Å². The topological polar surface area (TPSA) is 64.3 Å². The van der Waals surface area contributed by atoms with Crippen LogP contribution in [0, 0.1) is 11.3 Å². The molecule has 0 aromatic heterocycles. The van der Waals surface area contributed by atoms with Crippen LogP contribution in [-0.4, -0.2) is 28.1 Å². The minimum atomic E-state index is -0.900. The maximum Gasteiger partial charge on any atom is 0.323 e. The van der Waals surface area contributed by atoms with Crippen LogP contribution in [0.2, 0.25) is 0 Å². The van der Waals surface area contributed by atoms with E-state index in [0.717, 1.165) is 5.56 Å². The summed E-state index contributed by atoms with van der Waals surface area (Å²) in [5.41, 5.74) is 0.715. The molecule has 0 amide bonds. The summed E-state index contributed by atoms with van der Waals surface area (Å²) in [5.74, 6) is -0.835. The molecule has 96 valence electrons. The number of rotatable bonds is 5. The third-order valence-electron chi connectivity index (χ3n) is 3.15. The van der Waals surface area contributed by atoms with Gasteiger partial charge in [0.2, 0.25) is 0 Å². The predicted octanol–water partition coefficient (Wildman–Crippen LogP) is 2.24. The van der Waals surface area contributed by atoms with Gasteiger partial charge in [-0.1, -0.05) is 19.1 Å². The largest absolute Gasteiger partial charge is 0.480 e. The molecule has 0 aliphatic rings. The van der Waals surface area contributed by atoms with Crippen molar-refractivity contribution in [1.82, 2.24) is 4.90 Å². The summed E-state index contributed by atoms with van der Waals surface area (Å²) < 4.78 is 0. The van der Waals surface area contributed by atoms with E-state index in [0.29, 0.717) is 18.7 Å². The van der Waals surface area contributed by atoms with Gasteiger partial charge >= 0.3 is 5.97 Å². The molecule has 4 nitrogen and oxygen atoms in total. The number of hydrogen-bond acceptors (Lipinski definition) is 3. The third kappa shape index (κ3) is 3.08. The standard InChI is InChI=1S/C14H18N2O2/c1-4-16(14(2,3)13(17)18)10-12-7-5-11(9-15)6-8-12/h5-8H,4,10H2,1-3H3,(H,17,18). The SMILES string of the molecule is CCN(Cc1ccc(C#N)cc1)C(C)(C)C(=O)O. The molecular weight excluding hydrogens is 228 g/mol. The van der Waals surface area contributed by atoms with E-state index < -0.39 is 11.5 Å². The zero-order chi connectivity index (χ0) is 13.8. The molecule has 0 heterocycles. The maximum atomic E-state index is 11.2. The molecule has 0 aliphatic carbocycles. The van der Waals surface area contributed by atoms with E-state index in [4.69, 9.17) is 5.26 Å². The fourth-order valence-electron chi connectivity index (χ4n) is 1.75. The molecule has 1 aromatic carbocycles. The molecule has 1 aromatic rings. The summed E-state index contributed by atoms with van der Waals surface area (Å²) in [7, 11) is 0. The Labute approximate surface area is 107 Å². The van der Waals surface area contributed by atoms with Gasteiger partial charge in [-0.15, -0.1) is 0 Å². The van der Waals surface area contributed by atoms with Gasteiger partial charge < -0.3 is 5.11 Å². The molecule has 0 bridgehead atoms. The number of likely N-dealkylation sites (N-methyl/N-ethyl adjacent to an activating group) is 1. The molecule has 0 aliphatic heterocycles. The summed E-state index contributed by atoms with van der Waals surface area (Å²) in [5, 5.41) is 17.9. The molecule has 0 saturated heterocycles. The van der Waals surface area contributed by atoms with Crippen LogP contribution < -0.4 is 0 Å². The van der Waals surface area contributed by atoms with Gasteiger partial charge in [-0.25, -0.2) is 0 Å². The quantitative estimate of drug-likeness (QED) is 0.865. The van der Waals surface area contributed by atoms with E-state index in [9.17, 15) is 9.90 Å². The fraction of sp³-hybridized carbons (Fsp3) is 0.429. The number of nitrogens with zero attached hydrogens (tertiary/aromatic N) is 2. The molecule has 18 heavy (non-hydrogen) atoms. The van der Waals surface area contributed by atoms with Crippen LogP contribution in [0.25, 0.3) is 0 Å². The first-order valence-electron chi connectivity index (χ1n) is 5.89. The first kappa shape index (κ1) is 14.2. The van der Waals surface area contributed by atoms with Crippen molar-refractivity contribution in [3.63, 3.8) is 0 Å². The van der Waals surface area contributed by atoms with E-state index in [2.05, 4.69) is 6.07 Å². The van der Waals surface area contributed by atoms with Crippen LogP contribution in [0.4, 0.5) is 0 Å². The van der Waals surface area contributed by atoms with Crippen molar-refractivity contribution in [2.75, 3.05) is 6.54 Å². The fourth-order valence-corrected chi connectivity index (χ4v) is 1.75. The normalized spacial score (nSPS) is 11.3. The molecule has 0 radical (unpaired) electrons. The molecule has 4 heteroatoms. The van der Waals surface area contributed by atoms with Gasteiger partial charge in [-0.3, -0.25) is 9.69 Å². The second-order valence-corrected chi connectivity index (χ2v) is 4.69. The first-order valence-corrected chi connectivity index (χ1v) is 5.89. The van der Waals surface area contributed by atoms with Crippen molar-refractivity contribution in [2.45, 2.75) is 32.9 Å². The lowest BCUT2D eigenvalue weighted by Crippen LogP contribution is -2.49. The molecule has 0 spiro atoms. The Morgan fingerprint density at radius 2 is 1.94 bits per heavy atom. The Hall–Kier alpha value is -1.86. The molecule has 0 atom stereocenters. The summed E-state index contributed by atoms with van der Waals surface area (Å²) in [4.78, 5) is 13.1. The van der Waals surface area contributed by atoms with Crippen molar-refractivity contribution < 1.29 is 9.90 Å². The van der Waals surface area contributed by atoms with E-state index in [1.54, 1.807) is 26.0 Å². The van der Waals surface area contributed by atoms with Crippen LogP contribution in [0.1, 0.15) is 31.9 Å². The van der Waals surface area contributed by atoms with Crippen LogP contribution in [0.5, 0.6) is 0 Å². The average Bonchev–Trinajstić information content (AvgIpc) is 2.36. The highest BCUT2D eigenvalue weighted by atomic mass is 16.4. The summed E-state index contributed by atoms with van der Waals surface area (Å²) in [6.07, 6.45) is 0. The number of carboxylic acids is 1. The minimum absolute atomic E-state index is 0.557. The van der Waals surface area contributed by atoms with E-state index in [-0.39, 0.29) is 0 Å². The molecule has 0 fully saturated rings. The lowest BCUT2D eigenvalue weighted by molar-refractivity contribution is -0.149. The van der Waals surface area contributed by atoms with E-state index in [1.165, 1.54) is 0 Å². The Kier molecular flexibility index (Phi) is 4.46. The summed E-state index contributed by atoms with van der Waals surface area (Å²) in [6.45, 7) is 6.54. The first-order chi connectivity index (χ1) is 8.41. The number of benzene rings is 1. The average molecular weight is 246 g/mol. The molecule has 0 saturated carbocycles. The highest BCUT2D eigenvalue weighted by Crippen LogP contribution is 2.18. The minimum Gasteiger partial charge on any atom is -0.480 e. The highest BCUT2D eigenvalue weighted by Gasteiger charge is 2.33. The van der Waals surface area contributed by atoms with E-state index in [1.807, 2.05) is 24.0 Å². The van der Waals surface area contributed by atoms with Gasteiger partial charge in [0.05, 0.1) is 11.6 Å². The van der Waals surface area contributed by atoms with Gasteiger partial charge in [0.25, 0.3) is 0 Å². The van der Waals surface area contributed by atoms with Gasteiger partial charge in [0.15, 0.2) is 0 Å². The van der Waals surface area contributed by atoms with Crippen molar-refractivity contribution >= 4 is 5.97 Å². The lowest BCUT2D eigenvalue weighted by Gasteiger charge is -2.34. The Morgan fingerprint density at radius 3 is 2.33 bits per heavy atom. The molecule has 1 N–H and O–H groups in total. The van der Waals surface area contributed by atoms with Crippen LogP contribution in [0.15, 0.2) is 24.3 Å². The van der Waals surface area contributed by atoms with E-state index >= 15 is 0 Å². The number of carboxylic acid groups (broad SMARTS) is 1. The molecular formula is C14H18N2O2. The Bertz CT molecular complexity index is 458. The predicted molar refractivity (Wildman–Crippen MR) is 69.0 cm³/mol. The lowest BCUT2D eigenvalue weighted by atomic mass is 10.0. The zero-order valence-electron chi connectivity index (χ0n) is 11.0. The van der Waals surface area contributed by atoms with Crippen molar-refractivity contribution in [1.29, 1.82) is 5.26 Å². The molecule has 1 rings (SSSR count). The summed E-state index contributed by atoms with van der Waals surface area (Å²) >= 11 is 0. The van der Waals surface area contributed by atoms with Gasteiger partial charge in [0.1, 0.15) is 5.54 Å². The maximum absolute atomic E-state index is 11.2. The second kappa shape index (κ2) is 5.65. The van der Waals surface area contributed by atoms with Crippen LogP contribution in [0.3, 0.4) is 0 Å². The smallest absolute Gasteiger partial charge is 0.323 e. The number of hydrogen-bond donors (Lipinski definition) is 1. The number of carbonyl (C=O) groups is 1. The number of nitriles is 1. The second-order valence-electron chi connectivity index (χ2n) is 4.69. The van der Waals surface area contributed by atoms with Gasteiger partial charge in [-0.2, -0.15) is 5.26 Å². The Balaban J connectivity index is 2.86. The Morgan fingerprint density at radius 1 is 1.39 bits per heavy atom. The van der Waals surface area contributed by atoms with Gasteiger partial charge in [0, 0.05) is 6.54 Å². The number of aliphatic carboxylic acids is 1. The molecule has 0 unspecified atom stereocenters. The summed E-state index contributed by atoms with van der Waals surface area (Å²) in [6, 6.07) is 9.28. The monoisotopic (exact) mass is 246 g/mol. The highest BCUT2D eigenvalue weighted by molar-refractivity contribution is 5.77. The van der Waals surface area contributed by atoms with Crippen LogP contribution in [-0.2, 0) is 11.3 Å². The van der Waals surface area contributed by atoms with Crippen molar-refractivity contribution in [3.05, 3.63) is 35.4 Å². The third-order valence-corrected chi connectivity index (χ3v) is 3.15. The zero-order valence-corrected chi connectivity index (χ0v) is 11.0. The van der Waals surface area contributed by atoms with Crippen LogP contribution >= 0.6 is 0 Å².